The summed E-state index contributed by atoms with van der Waals surface area (Å²) in [6.07, 6.45) is 19.6. The maximum absolute atomic E-state index is 11.3. The Morgan fingerprint density at radius 3 is 1.03 bits per heavy atom. The highest BCUT2D eigenvalue weighted by Gasteiger charge is 2.23. The Kier molecular flexibility index (Phi) is 16.1. The third-order valence-electron chi connectivity index (χ3n) is 8.03. The van der Waals surface area contributed by atoms with Crippen molar-refractivity contribution in [1.29, 1.82) is 0 Å². The van der Waals surface area contributed by atoms with Gasteiger partial charge in [-0.25, -0.2) is 0 Å². The van der Waals surface area contributed by atoms with Crippen LogP contribution in [0, 0.1) is 0 Å². The number of aromatic hydroxyl groups is 2. The molecular weight excluding hydrogens is 496 g/mol. The molecule has 39 heavy (non-hydrogen) atoms. The van der Waals surface area contributed by atoms with Crippen LogP contribution < -0.4 is 0 Å². The normalized spacial score (nSPS) is 11.4. The second kappa shape index (κ2) is 18.7. The Bertz CT molecular complexity index is 915. The van der Waals surface area contributed by atoms with Crippen LogP contribution >= 0.6 is 11.8 Å². The van der Waals surface area contributed by atoms with Gasteiger partial charge in [0.25, 0.3) is 0 Å². The monoisotopic (exact) mass is 554 g/mol. The summed E-state index contributed by atoms with van der Waals surface area (Å²) in [6.45, 7) is 13.5. The van der Waals surface area contributed by atoms with Crippen LogP contribution in [0.15, 0.2) is 21.9 Å². The molecule has 0 amide bonds. The fourth-order valence-corrected chi connectivity index (χ4v) is 7.05. The number of rotatable bonds is 20. The molecule has 0 radical (unpaired) electrons. The molecule has 3 heteroatoms. The molecule has 0 bridgehead atoms. The van der Waals surface area contributed by atoms with Gasteiger partial charge in [-0.15, -0.1) is 0 Å². The maximum Gasteiger partial charge on any atom is 0.119 e. The largest absolute Gasteiger partial charge is 0.508 e. The van der Waals surface area contributed by atoms with Crippen LogP contribution in [0.1, 0.15) is 152 Å². The van der Waals surface area contributed by atoms with Crippen molar-refractivity contribution in [2.45, 2.75) is 167 Å². The van der Waals surface area contributed by atoms with E-state index in [0.717, 1.165) is 116 Å². The van der Waals surface area contributed by atoms with E-state index in [1.807, 2.05) is 11.8 Å². The van der Waals surface area contributed by atoms with Gasteiger partial charge in [-0.05, 0) is 123 Å². The number of hydrogen-bond acceptors (Lipinski definition) is 3. The van der Waals surface area contributed by atoms with Crippen molar-refractivity contribution in [1.82, 2.24) is 0 Å². The minimum Gasteiger partial charge on any atom is -0.508 e. The van der Waals surface area contributed by atoms with Crippen LogP contribution in [0.25, 0.3) is 0 Å². The first-order valence-electron chi connectivity index (χ1n) is 16.4. The van der Waals surface area contributed by atoms with Crippen LogP contribution in [0.2, 0.25) is 0 Å². The molecule has 2 N–H and O–H groups in total. The van der Waals surface area contributed by atoms with Crippen molar-refractivity contribution in [2.24, 2.45) is 0 Å². The lowest BCUT2D eigenvalue weighted by atomic mass is 9.92. The van der Waals surface area contributed by atoms with Crippen LogP contribution in [-0.2, 0) is 38.5 Å². The highest BCUT2D eigenvalue weighted by Crippen LogP contribution is 2.46. The second-order valence-electron chi connectivity index (χ2n) is 11.4. The minimum absolute atomic E-state index is 0.511. The fourth-order valence-electron chi connectivity index (χ4n) is 5.57. The average Bonchev–Trinajstić information content (AvgIpc) is 2.93. The Balaban J connectivity index is 2.84. The van der Waals surface area contributed by atoms with Gasteiger partial charge in [-0.2, -0.15) is 0 Å². The van der Waals surface area contributed by atoms with Crippen molar-refractivity contribution < 1.29 is 10.2 Å². The first kappa shape index (κ1) is 33.6. The van der Waals surface area contributed by atoms with Crippen molar-refractivity contribution >= 4 is 11.8 Å². The molecule has 0 aliphatic carbocycles. The first-order chi connectivity index (χ1) is 19.0. The Morgan fingerprint density at radius 1 is 0.436 bits per heavy atom. The molecule has 0 atom stereocenters. The van der Waals surface area contributed by atoms with E-state index in [-0.39, 0.29) is 0 Å². The number of unbranched alkanes of at least 4 members (excludes halogenated alkanes) is 6. The fraction of sp³-hybridized carbons (Fsp3) is 0.667. The molecule has 2 aromatic rings. The van der Waals surface area contributed by atoms with E-state index in [2.05, 4.69) is 53.7 Å². The molecule has 2 aromatic carbocycles. The van der Waals surface area contributed by atoms with Crippen LogP contribution in [0.3, 0.4) is 0 Å². The van der Waals surface area contributed by atoms with Gasteiger partial charge in [-0.1, -0.05) is 91.8 Å². The number of hydrogen-bond donors (Lipinski definition) is 2. The van der Waals surface area contributed by atoms with Crippen LogP contribution in [-0.4, -0.2) is 10.2 Å². The average molecular weight is 555 g/mol. The van der Waals surface area contributed by atoms with Gasteiger partial charge in [0.05, 0.1) is 0 Å². The summed E-state index contributed by atoms with van der Waals surface area (Å²) in [5.41, 5.74) is 7.79. The highest BCUT2D eigenvalue weighted by atomic mass is 32.2. The van der Waals surface area contributed by atoms with Crippen molar-refractivity contribution in [3.8, 4) is 11.5 Å². The van der Waals surface area contributed by atoms with Gasteiger partial charge >= 0.3 is 0 Å². The Labute approximate surface area is 245 Å². The van der Waals surface area contributed by atoms with E-state index in [4.69, 9.17) is 0 Å². The summed E-state index contributed by atoms with van der Waals surface area (Å²) in [4.78, 5) is 2.81. The predicted octanol–water partition coefficient (Wildman–Crippen LogP) is 11.3. The molecular formula is C36H58O2S. The minimum atomic E-state index is 0.511. The summed E-state index contributed by atoms with van der Waals surface area (Å²) in [6, 6.07) is 4.21. The van der Waals surface area contributed by atoms with E-state index in [1.165, 1.54) is 43.2 Å². The van der Waals surface area contributed by atoms with Crippen LogP contribution in [0.5, 0.6) is 11.5 Å². The molecule has 0 aromatic heterocycles. The summed E-state index contributed by atoms with van der Waals surface area (Å²) in [7, 11) is 0. The maximum atomic E-state index is 11.3. The van der Waals surface area contributed by atoms with Gasteiger partial charge in [-0.3, -0.25) is 0 Å². The molecule has 0 fully saturated rings. The van der Waals surface area contributed by atoms with Crippen LogP contribution in [0.4, 0.5) is 0 Å². The topological polar surface area (TPSA) is 40.5 Å². The van der Waals surface area contributed by atoms with E-state index in [9.17, 15) is 10.2 Å². The third-order valence-corrected chi connectivity index (χ3v) is 9.45. The summed E-state index contributed by atoms with van der Waals surface area (Å²) >= 11 is 1.99. The smallest absolute Gasteiger partial charge is 0.119 e. The van der Waals surface area contributed by atoms with E-state index in [1.54, 1.807) is 0 Å². The first-order valence-corrected chi connectivity index (χ1v) is 17.2. The lowest BCUT2D eigenvalue weighted by molar-refractivity contribution is 0.463. The number of benzene rings is 2. The third kappa shape index (κ3) is 9.76. The summed E-state index contributed by atoms with van der Waals surface area (Å²) in [5.74, 6) is 1.02. The molecule has 0 heterocycles. The zero-order valence-electron chi connectivity index (χ0n) is 26.2. The highest BCUT2D eigenvalue weighted by molar-refractivity contribution is 7.99. The zero-order valence-corrected chi connectivity index (χ0v) is 27.0. The zero-order chi connectivity index (χ0) is 28.6. The number of phenols is 2. The molecule has 0 aliphatic rings. The molecule has 220 valence electrons. The van der Waals surface area contributed by atoms with Crippen molar-refractivity contribution in [2.75, 3.05) is 0 Å². The van der Waals surface area contributed by atoms with Gasteiger partial charge in [0, 0.05) is 9.79 Å². The number of phenolic OH excluding ortho intramolecular Hbond substituents is 2. The lowest BCUT2D eigenvalue weighted by Crippen LogP contribution is -2.06. The Morgan fingerprint density at radius 2 is 0.718 bits per heavy atom. The quantitative estimate of drug-likeness (QED) is 0.171. The Hall–Kier alpha value is -1.61. The van der Waals surface area contributed by atoms with Gasteiger partial charge in [0.2, 0.25) is 0 Å². The molecule has 0 spiro atoms. The van der Waals surface area contributed by atoms with Gasteiger partial charge in [0.15, 0.2) is 0 Å². The molecule has 0 aliphatic heterocycles. The second-order valence-corrected chi connectivity index (χ2v) is 12.4. The van der Waals surface area contributed by atoms with E-state index in [0.29, 0.717) is 11.5 Å². The summed E-state index contributed by atoms with van der Waals surface area (Å²) < 4.78 is 0. The van der Waals surface area contributed by atoms with Gasteiger partial charge in [0.1, 0.15) is 11.5 Å². The number of aryl methyl sites for hydroxylation is 2. The molecule has 0 unspecified atom stereocenters. The van der Waals surface area contributed by atoms with Gasteiger partial charge < -0.3 is 10.2 Å². The molecule has 0 saturated carbocycles. The van der Waals surface area contributed by atoms with Crippen molar-refractivity contribution in [3.05, 3.63) is 45.5 Å². The molecule has 2 rings (SSSR count). The molecule has 2 nitrogen and oxygen atoms in total. The SMILES string of the molecule is CCCCc1cc(O)c(CCCC)c(CCCC)c1Sc1c(CCCC)cc(O)c(CCCC)c1CCCC. The van der Waals surface area contributed by atoms with E-state index >= 15 is 0 Å². The van der Waals surface area contributed by atoms with Crippen molar-refractivity contribution in [3.63, 3.8) is 0 Å². The molecule has 0 saturated heterocycles. The lowest BCUT2D eigenvalue weighted by Gasteiger charge is -2.24. The standard InChI is InChI=1S/C36H58O2S/c1-7-13-19-27-25-33(37)29(21-15-9-3)31(23-17-11-5)35(27)39-36-28(20-14-8-2)26-34(38)30(22-16-10-4)32(36)24-18-12-6/h25-26,37-38H,7-24H2,1-6H3. The predicted molar refractivity (Wildman–Crippen MR) is 172 cm³/mol. The van der Waals surface area contributed by atoms with E-state index < -0.39 is 0 Å². The summed E-state index contributed by atoms with van der Waals surface area (Å²) in [5, 5.41) is 22.5.